The number of rotatable bonds is 1. The average Bonchev–Trinajstić information content (AvgIpc) is 2.16. The van der Waals surface area contributed by atoms with E-state index in [9.17, 15) is 4.79 Å². The zero-order valence-corrected chi connectivity index (χ0v) is 7.45. The Morgan fingerprint density at radius 2 is 2.42 bits per heavy atom. The van der Waals surface area contributed by atoms with Crippen LogP contribution in [-0.2, 0) is 4.74 Å². The van der Waals surface area contributed by atoms with Crippen molar-refractivity contribution in [3.05, 3.63) is 12.7 Å². The molecule has 12 heavy (non-hydrogen) atoms. The van der Waals surface area contributed by atoms with Gasteiger partial charge in [0.25, 0.3) is 0 Å². The molecule has 68 valence electrons. The van der Waals surface area contributed by atoms with Crippen LogP contribution in [0.25, 0.3) is 0 Å². The first-order valence-corrected chi connectivity index (χ1v) is 4.26. The van der Waals surface area contributed by atoms with E-state index in [0.717, 1.165) is 19.4 Å². The van der Waals surface area contributed by atoms with Gasteiger partial charge in [0.2, 0.25) is 0 Å². The molecule has 1 fully saturated rings. The molecular weight excluding hydrogens is 154 g/mol. The molecule has 0 aromatic heterocycles. The highest BCUT2D eigenvalue weighted by molar-refractivity contribution is 5.68. The standard InChI is InChI=1S/C9H15NO2/c1-3-8-6-4-5-7-10(8)9(11)12-2/h3,8H,1,4-7H2,2H3. The number of amides is 1. The van der Waals surface area contributed by atoms with E-state index in [0.29, 0.717) is 0 Å². The van der Waals surface area contributed by atoms with Crippen LogP contribution in [0, 0.1) is 0 Å². The van der Waals surface area contributed by atoms with Gasteiger partial charge >= 0.3 is 6.09 Å². The summed E-state index contributed by atoms with van der Waals surface area (Å²) < 4.78 is 4.66. The minimum Gasteiger partial charge on any atom is -0.453 e. The summed E-state index contributed by atoms with van der Waals surface area (Å²) in [5.74, 6) is 0. The van der Waals surface area contributed by atoms with Crippen LogP contribution in [0.5, 0.6) is 0 Å². The number of nitrogens with zero attached hydrogens (tertiary/aromatic N) is 1. The Hall–Kier alpha value is -0.990. The van der Waals surface area contributed by atoms with Gasteiger partial charge in [0, 0.05) is 6.54 Å². The van der Waals surface area contributed by atoms with Crippen LogP contribution in [-0.4, -0.2) is 30.7 Å². The molecule has 1 saturated heterocycles. The molecule has 3 nitrogen and oxygen atoms in total. The molecule has 0 radical (unpaired) electrons. The molecule has 0 aliphatic carbocycles. The van der Waals surface area contributed by atoms with Crippen LogP contribution in [0.15, 0.2) is 12.7 Å². The van der Waals surface area contributed by atoms with E-state index in [1.165, 1.54) is 13.5 Å². The van der Waals surface area contributed by atoms with Gasteiger partial charge in [-0.1, -0.05) is 6.08 Å². The maximum Gasteiger partial charge on any atom is 0.409 e. The third kappa shape index (κ3) is 1.78. The third-order valence-corrected chi connectivity index (χ3v) is 2.23. The molecule has 0 aromatic rings. The van der Waals surface area contributed by atoms with Gasteiger partial charge in [-0.3, -0.25) is 0 Å². The van der Waals surface area contributed by atoms with E-state index in [1.54, 1.807) is 4.90 Å². The van der Waals surface area contributed by atoms with Gasteiger partial charge in [0.15, 0.2) is 0 Å². The molecule has 3 heteroatoms. The molecule has 0 bridgehead atoms. The number of methoxy groups -OCH3 is 1. The highest BCUT2D eigenvalue weighted by Gasteiger charge is 2.24. The molecule has 1 aliphatic rings. The Balaban J connectivity index is 2.58. The normalized spacial score (nSPS) is 23.4. The lowest BCUT2D eigenvalue weighted by Gasteiger charge is -2.32. The van der Waals surface area contributed by atoms with Crippen molar-refractivity contribution in [2.24, 2.45) is 0 Å². The second-order valence-electron chi connectivity index (χ2n) is 2.96. The lowest BCUT2D eigenvalue weighted by molar-refractivity contribution is 0.101. The fraction of sp³-hybridized carbons (Fsp3) is 0.667. The van der Waals surface area contributed by atoms with Gasteiger partial charge in [0.05, 0.1) is 13.2 Å². The van der Waals surface area contributed by atoms with Gasteiger partial charge in [-0.05, 0) is 19.3 Å². The molecule has 1 amide bonds. The monoisotopic (exact) mass is 169 g/mol. The summed E-state index contributed by atoms with van der Waals surface area (Å²) in [6.45, 7) is 4.50. The van der Waals surface area contributed by atoms with Gasteiger partial charge in [-0.25, -0.2) is 4.79 Å². The number of likely N-dealkylation sites (tertiary alicyclic amines) is 1. The number of hydrogen-bond acceptors (Lipinski definition) is 2. The van der Waals surface area contributed by atoms with E-state index < -0.39 is 0 Å². The number of piperidine rings is 1. The summed E-state index contributed by atoms with van der Waals surface area (Å²) in [5.41, 5.74) is 0. The first kappa shape index (κ1) is 9.10. The molecule has 0 spiro atoms. The van der Waals surface area contributed by atoms with Crippen molar-refractivity contribution in [1.29, 1.82) is 0 Å². The zero-order valence-electron chi connectivity index (χ0n) is 7.45. The van der Waals surface area contributed by atoms with Crippen LogP contribution >= 0.6 is 0 Å². The Kier molecular flexibility index (Phi) is 3.14. The van der Waals surface area contributed by atoms with Crippen molar-refractivity contribution in [2.45, 2.75) is 25.3 Å². The van der Waals surface area contributed by atoms with Crippen LogP contribution in [0.2, 0.25) is 0 Å². The lowest BCUT2D eigenvalue weighted by Crippen LogP contribution is -2.42. The maximum absolute atomic E-state index is 11.2. The zero-order chi connectivity index (χ0) is 8.97. The second-order valence-corrected chi connectivity index (χ2v) is 2.96. The number of hydrogen-bond donors (Lipinski definition) is 0. The fourth-order valence-corrected chi connectivity index (χ4v) is 1.55. The van der Waals surface area contributed by atoms with E-state index in [1.807, 2.05) is 6.08 Å². The summed E-state index contributed by atoms with van der Waals surface area (Å²) in [7, 11) is 1.41. The molecule has 0 N–H and O–H groups in total. The second kappa shape index (κ2) is 4.14. The first-order valence-electron chi connectivity index (χ1n) is 4.26. The van der Waals surface area contributed by atoms with Crippen molar-refractivity contribution in [2.75, 3.05) is 13.7 Å². The third-order valence-electron chi connectivity index (χ3n) is 2.23. The summed E-state index contributed by atoms with van der Waals surface area (Å²) in [6, 6.07) is 0.172. The van der Waals surface area contributed by atoms with Crippen LogP contribution < -0.4 is 0 Å². The minimum atomic E-state index is -0.236. The highest BCUT2D eigenvalue weighted by Crippen LogP contribution is 2.17. The SMILES string of the molecule is C=CC1CCCCN1C(=O)OC. The Morgan fingerprint density at radius 3 is 3.00 bits per heavy atom. The van der Waals surface area contributed by atoms with E-state index in [2.05, 4.69) is 11.3 Å². The molecule has 0 aromatic carbocycles. The molecule has 0 saturated carbocycles. The van der Waals surface area contributed by atoms with Crippen LogP contribution in [0.4, 0.5) is 4.79 Å². The Bertz CT molecular complexity index is 179. The van der Waals surface area contributed by atoms with Gasteiger partial charge in [0.1, 0.15) is 0 Å². The Morgan fingerprint density at radius 1 is 1.67 bits per heavy atom. The summed E-state index contributed by atoms with van der Waals surface area (Å²) in [4.78, 5) is 12.9. The summed E-state index contributed by atoms with van der Waals surface area (Å²) >= 11 is 0. The molecule has 1 heterocycles. The maximum atomic E-state index is 11.2. The average molecular weight is 169 g/mol. The molecule has 1 unspecified atom stereocenters. The van der Waals surface area contributed by atoms with Crippen molar-refractivity contribution in [1.82, 2.24) is 4.90 Å². The topological polar surface area (TPSA) is 29.5 Å². The predicted octanol–water partition coefficient (Wildman–Crippen LogP) is 1.79. The van der Waals surface area contributed by atoms with Crippen LogP contribution in [0.3, 0.4) is 0 Å². The van der Waals surface area contributed by atoms with Gasteiger partial charge in [-0.15, -0.1) is 6.58 Å². The van der Waals surface area contributed by atoms with E-state index in [4.69, 9.17) is 0 Å². The summed E-state index contributed by atoms with van der Waals surface area (Å²) in [6.07, 6.45) is 4.83. The number of carbonyl (C=O) groups excluding carboxylic acids is 1. The molecular formula is C9H15NO2. The quantitative estimate of drug-likeness (QED) is 0.560. The van der Waals surface area contributed by atoms with Gasteiger partial charge < -0.3 is 9.64 Å². The van der Waals surface area contributed by atoms with E-state index in [-0.39, 0.29) is 12.1 Å². The highest BCUT2D eigenvalue weighted by atomic mass is 16.5. The number of ether oxygens (including phenoxy) is 1. The van der Waals surface area contributed by atoms with Crippen LogP contribution in [0.1, 0.15) is 19.3 Å². The molecule has 1 rings (SSSR count). The predicted molar refractivity (Wildman–Crippen MR) is 46.9 cm³/mol. The van der Waals surface area contributed by atoms with Gasteiger partial charge in [-0.2, -0.15) is 0 Å². The lowest BCUT2D eigenvalue weighted by atomic mass is 10.0. The summed E-state index contributed by atoms with van der Waals surface area (Å²) in [5, 5.41) is 0. The van der Waals surface area contributed by atoms with Crippen molar-refractivity contribution in [3.63, 3.8) is 0 Å². The molecule has 1 atom stereocenters. The van der Waals surface area contributed by atoms with Crippen molar-refractivity contribution in [3.8, 4) is 0 Å². The Labute approximate surface area is 73.0 Å². The smallest absolute Gasteiger partial charge is 0.409 e. The molecule has 1 aliphatic heterocycles. The largest absolute Gasteiger partial charge is 0.453 e. The fourth-order valence-electron chi connectivity index (χ4n) is 1.55. The minimum absolute atomic E-state index is 0.172. The van der Waals surface area contributed by atoms with E-state index >= 15 is 0 Å². The van der Waals surface area contributed by atoms with Crippen molar-refractivity contribution < 1.29 is 9.53 Å². The van der Waals surface area contributed by atoms with Crippen molar-refractivity contribution >= 4 is 6.09 Å². The first-order chi connectivity index (χ1) is 5.79. The number of carbonyl (C=O) groups is 1.